The van der Waals surface area contributed by atoms with Gasteiger partial charge in [-0.05, 0) is 50.1 Å². The van der Waals surface area contributed by atoms with Crippen molar-refractivity contribution >= 4 is 21.6 Å². The zero-order valence-corrected chi connectivity index (χ0v) is 18.7. The highest BCUT2D eigenvalue weighted by atomic mass is 32.2. The standard InChI is InChI=1S/C23H28N2O5S/c1-17-6-8-20(9-7-17)24(2)31(27,28)21-5-3-4-19(16-21)22(26)25-12-10-18(11-13-25)23-29-14-15-30-23/h3-9,16,18,23H,10-15H2,1-2H3. The molecule has 2 aromatic rings. The fourth-order valence-corrected chi connectivity index (χ4v) is 5.29. The minimum atomic E-state index is -3.78. The Bertz CT molecular complexity index is 1020. The molecule has 4 rings (SSSR count). The van der Waals surface area contributed by atoms with Crippen molar-refractivity contribution in [2.45, 2.75) is 31.0 Å². The van der Waals surface area contributed by atoms with Crippen LogP contribution in [0.25, 0.3) is 0 Å². The molecule has 1 amide bonds. The lowest BCUT2D eigenvalue weighted by atomic mass is 9.95. The predicted octanol–water partition coefficient (Wildman–Crippen LogP) is 3.05. The van der Waals surface area contributed by atoms with E-state index >= 15 is 0 Å². The number of sulfonamides is 1. The first-order valence-corrected chi connectivity index (χ1v) is 12.0. The van der Waals surface area contributed by atoms with Crippen molar-refractivity contribution in [1.29, 1.82) is 0 Å². The number of nitrogens with zero attached hydrogens (tertiary/aromatic N) is 2. The third-order valence-electron chi connectivity index (χ3n) is 6.00. The van der Waals surface area contributed by atoms with E-state index in [1.54, 1.807) is 29.2 Å². The molecule has 2 aliphatic heterocycles. The molecule has 0 saturated carbocycles. The van der Waals surface area contributed by atoms with Crippen molar-refractivity contribution < 1.29 is 22.7 Å². The predicted molar refractivity (Wildman–Crippen MR) is 118 cm³/mol. The number of amides is 1. The molecule has 2 aliphatic rings. The van der Waals surface area contributed by atoms with E-state index in [0.717, 1.165) is 18.4 Å². The van der Waals surface area contributed by atoms with Gasteiger partial charge in [0.1, 0.15) is 0 Å². The van der Waals surface area contributed by atoms with Crippen LogP contribution < -0.4 is 4.31 Å². The van der Waals surface area contributed by atoms with Crippen LogP contribution in [0, 0.1) is 12.8 Å². The van der Waals surface area contributed by atoms with Crippen molar-refractivity contribution in [2.75, 3.05) is 37.7 Å². The van der Waals surface area contributed by atoms with Gasteiger partial charge in [0.2, 0.25) is 0 Å². The summed E-state index contributed by atoms with van der Waals surface area (Å²) < 4.78 is 38.7. The lowest BCUT2D eigenvalue weighted by Gasteiger charge is -2.34. The fourth-order valence-electron chi connectivity index (χ4n) is 4.05. The summed E-state index contributed by atoms with van der Waals surface area (Å²) in [7, 11) is -2.26. The summed E-state index contributed by atoms with van der Waals surface area (Å²) in [5, 5.41) is 0. The molecule has 0 spiro atoms. The maximum Gasteiger partial charge on any atom is 0.264 e. The van der Waals surface area contributed by atoms with Crippen molar-refractivity contribution in [1.82, 2.24) is 4.90 Å². The molecule has 0 radical (unpaired) electrons. The summed E-state index contributed by atoms with van der Waals surface area (Å²) in [6.07, 6.45) is 1.46. The first-order chi connectivity index (χ1) is 14.9. The Labute approximate surface area is 183 Å². The van der Waals surface area contributed by atoms with Crippen molar-refractivity contribution in [2.24, 2.45) is 5.92 Å². The highest BCUT2D eigenvalue weighted by molar-refractivity contribution is 7.92. The topological polar surface area (TPSA) is 76.2 Å². The number of anilines is 1. The molecule has 0 atom stereocenters. The average molecular weight is 445 g/mol. The van der Waals surface area contributed by atoms with E-state index in [0.29, 0.717) is 43.5 Å². The Balaban J connectivity index is 1.47. The third-order valence-corrected chi connectivity index (χ3v) is 7.78. The number of likely N-dealkylation sites (tertiary alicyclic amines) is 1. The summed E-state index contributed by atoms with van der Waals surface area (Å²) in [5.41, 5.74) is 2.00. The van der Waals surface area contributed by atoms with Gasteiger partial charge in [-0.3, -0.25) is 9.10 Å². The van der Waals surface area contributed by atoms with Gasteiger partial charge in [0.05, 0.1) is 23.8 Å². The van der Waals surface area contributed by atoms with E-state index in [9.17, 15) is 13.2 Å². The number of piperidine rings is 1. The van der Waals surface area contributed by atoms with Gasteiger partial charge in [0.15, 0.2) is 6.29 Å². The maximum atomic E-state index is 13.1. The van der Waals surface area contributed by atoms with E-state index in [-0.39, 0.29) is 17.1 Å². The number of hydrogen-bond acceptors (Lipinski definition) is 5. The Hall–Kier alpha value is -2.42. The molecule has 0 unspecified atom stereocenters. The largest absolute Gasteiger partial charge is 0.350 e. The Kier molecular flexibility index (Phi) is 6.31. The van der Waals surface area contributed by atoms with Crippen LogP contribution in [0.4, 0.5) is 5.69 Å². The first kappa shape index (κ1) is 21.8. The summed E-state index contributed by atoms with van der Waals surface area (Å²) in [6.45, 7) is 4.41. The van der Waals surface area contributed by atoms with Crippen LogP contribution in [-0.2, 0) is 19.5 Å². The van der Waals surface area contributed by atoms with Gasteiger partial charge in [-0.25, -0.2) is 8.42 Å². The second-order valence-electron chi connectivity index (χ2n) is 8.08. The lowest BCUT2D eigenvalue weighted by Crippen LogP contribution is -2.41. The summed E-state index contributed by atoms with van der Waals surface area (Å²) in [6, 6.07) is 13.6. The molecule has 8 heteroatoms. The third kappa shape index (κ3) is 4.61. The Morgan fingerprint density at radius 2 is 1.68 bits per heavy atom. The van der Waals surface area contributed by atoms with Crippen LogP contribution in [-0.4, -0.2) is 58.9 Å². The number of hydrogen-bond donors (Lipinski definition) is 0. The molecular formula is C23H28N2O5S. The van der Waals surface area contributed by atoms with E-state index in [4.69, 9.17) is 9.47 Å². The van der Waals surface area contributed by atoms with Crippen LogP contribution in [0.3, 0.4) is 0 Å². The quantitative estimate of drug-likeness (QED) is 0.709. The number of benzene rings is 2. The van der Waals surface area contributed by atoms with Gasteiger partial charge in [-0.2, -0.15) is 0 Å². The van der Waals surface area contributed by atoms with Crippen LogP contribution >= 0.6 is 0 Å². The molecule has 31 heavy (non-hydrogen) atoms. The summed E-state index contributed by atoms with van der Waals surface area (Å²) >= 11 is 0. The highest BCUT2D eigenvalue weighted by Crippen LogP contribution is 2.27. The van der Waals surface area contributed by atoms with Gasteiger partial charge in [0.25, 0.3) is 15.9 Å². The molecule has 2 fully saturated rings. The van der Waals surface area contributed by atoms with Gasteiger partial charge in [0, 0.05) is 31.6 Å². The average Bonchev–Trinajstić information content (AvgIpc) is 3.34. The Morgan fingerprint density at radius 1 is 1.03 bits per heavy atom. The van der Waals surface area contributed by atoms with E-state index < -0.39 is 10.0 Å². The number of rotatable bonds is 5. The molecule has 0 N–H and O–H groups in total. The van der Waals surface area contributed by atoms with Gasteiger partial charge < -0.3 is 14.4 Å². The highest BCUT2D eigenvalue weighted by Gasteiger charge is 2.32. The lowest BCUT2D eigenvalue weighted by molar-refractivity contribution is -0.0956. The van der Waals surface area contributed by atoms with Crippen molar-refractivity contribution in [3.8, 4) is 0 Å². The molecule has 166 valence electrons. The van der Waals surface area contributed by atoms with Crippen molar-refractivity contribution in [3.05, 3.63) is 59.7 Å². The van der Waals surface area contributed by atoms with E-state index in [2.05, 4.69) is 0 Å². The molecular weight excluding hydrogens is 416 g/mol. The second-order valence-corrected chi connectivity index (χ2v) is 10.0. The summed E-state index contributed by atoms with van der Waals surface area (Å²) in [5.74, 6) is 0.142. The molecule has 2 heterocycles. The second kappa shape index (κ2) is 8.98. The van der Waals surface area contributed by atoms with Crippen molar-refractivity contribution in [3.63, 3.8) is 0 Å². The Morgan fingerprint density at radius 3 is 2.32 bits per heavy atom. The monoisotopic (exact) mass is 444 g/mol. The van der Waals surface area contributed by atoms with Gasteiger partial charge in [-0.1, -0.05) is 23.8 Å². The van der Waals surface area contributed by atoms with Gasteiger partial charge >= 0.3 is 0 Å². The molecule has 2 aromatic carbocycles. The van der Waals surface area contributed by atoms with Crippen LogP contribution in [0.5, 0.6) is 0 Å². The number of ether oxygens (including phenoxy) is 2. The minimum Gasteiger partial charge on any atom is -0.350 e. The van der Waals surface area contributed by atoms with Crippen LogP contribution in [0.1, 0.15) is 28.8 Å². The fraction of sp³-hybridized carbons (Fsp3) is 0.435. The van der Waals surface area contributed by atoms with Crippen LogP contribution in [0.2, 0.25) is 0 Å². The first-order valence-electron chi connectivity index (χ1n) is 10.5. The number of carbonyl (C=O) groups excluding carboxylic acids is 1. The minimum absolute atomic E-state index is 0.101. The molecule has 0 bridgehead atoms. The van der Waals surface area contributed by atoms with E-state index in [1.807, 2.05) is 19.1 Å². The maximum absolute atomic E-state index is 13.1. The number of carbonyl (C=O) groups is 1. The SMILES string of the molecule is Cc1ccc(N(C)S(=O)(=O)c2cccc(C(=O)N3CCC(C4OCCO4)CC3)c2)cc1. The number of aryl methyl sites for hydroxylation is 1. The van der Waals surface area contributed by atoms with Crippen LogP contribution in [0.15, 0.2) is 53.4 Å². The molecule has 0 aromatic heterocycles. The summed E-state index contributed by atoms with van der Waals surface area (Å²) in [4.78, 5) is 14.9. The normalized spacial score (nSPS) is 18.3. The van der Waals surface area contributed by atoms with E-state index in [1.165, 1.54) is 23.5 Å². The molecule has 7 nitrogen and oxygen atoms in total. The zero-order valence-electron chi connectivity index (χ0n) is 17.9. The van der Waals surface area contributed by atoms with Gasteiger partial charge in [-0.15, -0.1) is 0 Å². The smallest absolute Gasteiger partial charge is 0.264 e. The molecule has 0 aliphatic carbocycles. The zero-order chi connectivity index (χ0) is 22.0. The molecule has 2 saturated heterocycles.